The van der Waals surface area contributed by atoms with Crippen molar-refractivity contribution in [2.45, 2.75) is 59.9 Å². The second-order valence-corrected chi connectivity index (χ2v) is 8.98. The molecular formula is C25H32FN5O9. The zero-order valence-electron chi connectivity index (χ0n) is 23.1. The van der Waals surface area contributed by atoms with Gasteiger partial charge in [-0.1, -0.05) is 13.8 Å². The van der Waals surface area contributed by atoms with Gasteiger partial charge in [-0.2, -0.15) is 9.37 Å². The van der Waals surface area contributed by atoms with Crippen LogP contribution in [0.3, 0.4) is 0 Å². The molecule has 3 heterocycles. The summed E-state index contributed by atoms with van der Waals surface area (Å²) in [5.74, 6) is -0.880. The molecule has 0 bridgehead atoms. The first kappa shape index (κ1) is 30.3. The van der Waals surface area contributed by atoms with E-state index in [0.717, 1.165) is 4.57 Å². The summed E-state index contributed by atoms with van der Waals surface area (Å²) >= 11 is 0. The number of methoxy groups -OCH3 is 2. The number of hydrogen-bond acceptors (Lipinski definition) is 12. The molecular weight excluding hydrogens is 533 g/mol. The molecule has 0 saturated carbocycles. The third-order valence-electron chi connectivity index (χ3n) is 6.01. The van der Waals surface area contributed by atoms with Crippen molar-refractivity contribution in [3.8, 4) is 0 Å². The molecule has 0 aliphatic heterocycles. The van der Waals surface area contributed by atoms with E-state index in [0.29, 0.717) is 13.0 Å². The van der Waals surface area contributed by atoms with Crippen LogP contribution in [-0.4, -0.2) is 58.5 Å². The van der Waals surface area contributed by atoms with E-state index in [-0.39, 0.29) is 77.7 Å². The highest BCUT2D eigenvalue weighted by Gasteiger charge is 2.20. The van der Waals surface area contributed by atoms with Crippen molar-refractivity contribution >= 4 is 23.6 Å². The van der Waals surface area contributed by atoms with Crippen LogP contribution >= 0.6 is 0 Å². The van der Waals surface area contributed by atoms with Crippen LogP contribution in [-0.2, 0) is 48.2 Å². The topological polar surface area (TPSA) is 162 Å². The molecule has 0 aliphatic carbocycles. The smallest absolute Gasteiger partial charge is 0.498 e. The lowest BCUT2D eigenvalue weighted by Gasteiger charge is -2.17. The van der Waals surface area contributed by atoms with Crippen molar-refractivity contribution in [3.05, 3.63) is 51.5 Å². The first-order valence-electron chi connectivity index (χ1n) is 12.3. The summed E-state index contributed by atoms with van der Waals surface area (Å²) in [5, 5.41) is 0. The number of esters is 1. The van der Waals surface area contributed by atoms with Gasteiger partial charge in [-0.05, 0) is 20.3 Å². The van der Waals surface area contributed by atoms with Gasteiger partial charge < -0.3 is 32.3 Å². The van der Waals surface area contributed by atoms with Crippen LogP contribution in [0.4, 0.5) is 4.39 Å². The summed E-state index contributed by atoms with van der Waals surface area (Å²) < 4.78 is 49.0. The molecule has 14 nitrogen and oxygen atoms in total. The predicted octanol–water partition coefficient (Wildman–Crippen LogP) is 1.98. The molecule has 0 amide bonds. The summed E-state index contributed by atoms with van der Waals surface area (Å²) in [6.07, 6.45) is 0.503. The van der Waals surface area contributed by atoms with E-state index >= 15 is 4.39 Å². The van der Waals surface area contributed by atoms with Crippen LogP contribution in [0.5, 0.6) is 0 Å². The molecule has 0 radical (unpaired) electrons. The summed E-state index contributed by atoms with van der Waals surface area (Å²) in [7, 11) is 2.88. The number of imidazole rings is 1. The molecule has 40 heavy (non-hydrogen) atoms. The van der Waals surface area contributed by atoms with Gasteiger partial charge in [0.1, 0.15) is 24.7 Å². The third kappa shape index (κ3) is 7.22. The quantitative estimate of drug-likeness (QED) is 0.122. The second-order valence-electron chi connectivity index (χ2n) is 8.98. The van der Waals surface area contributed by atoms with Gasteiger partial charge in [0, 0.05) is 13.7 Å². The van der Waals surface area contributed by atoms with Crippen molar-refractivity contribution in [2.24, 2.45) is 10.9 Å². The average Bonchev–Trinajstić information content (AvgIpc) is 3.48. The molecule has 3 aromatic heterocycles. The fourth-order valence-electron chi connectivity index (χ4n) is 3.58. The van der Waals surface area contributed by atoms with Gasteiger partial charge in [-0.25, -0.2) is 9.78 Å². The maximum Gasteiger partial charge on any atom is 0.519 e. The molecule has 0 spiro atoms. The zero-order valence-corrected chi connectivity index (χ0v) is 23.1. The normalized spacial score (nSPS) is 13.4. The first-order valence-corrected chi connectivity index (χ1v) is 12.3. The van der Waals surface area contributed by atoms with Crippen LogP contribution in [0.1, 0.15) is 38.7 Å². The number of halogens is 1. The molecule has 1 unspecified atom stereocenters. The number of hydrogen-bond donors (Lipinski definition) is 0. The SMILES string of the molecule is CO/C(C)=C(/Cn1c(F)nc2c(ncn2CCC(COC(=O)C(C)C)OC)/c1=N/Cc1oc(=O)oc1C)OC=O. The highest BCUT2D eigenvalue weighted by atomic mass is 19.1. The highest BCUT2D eigenvalue weighted by molar-refractivity contribution is 5.71. The minimum atomic E-state index is -0.955. The lowest BCUT2D eigenvalue weighted by atomic mass is 10.2. The van der Waals surface area contributed by atoms with E-state index in [4.69, 9.17) is 27.8 Å². The number of aryl methyl sites for hydroxylation is 2. The summed E-state index contributed by atoms with van der Waals surface area (Å²) in [6, 6.07) is 0. The Bertz CT molecular complexity index is 1500. The minimum absolute atomic E-state index is 0.0170. The Kier molecular flexibility index (Phi) is 10.4. The van der Waals surface area contributed by atoms with E-state index in [1.165, 1.54) is 27.5 Å². The van der Waals surface area contributed by atoms with Crippen molar-refractivity contribution in [1.29, 1.82) is 0 Å². The van der Waals surface area contributed by atoms with Gasteiger partial charge >= 0.3 is 11.8 Å². The van der Waals surface area contributed by atoms with Crippen LogP contribution in [0.25, 0.3) is 11.2 Å². The Labute approximate surface area is 228 Å². The Morgan fingerprint density at radius 3 is 2.62 bits per heavy atom. The fourth-order valence-corrected chi connectivity index (χ4v) is 3.58. The Morgan fingerprint density at radius 2 is 2.02 bits per heavy atom. The number of allylic oxidation sites excluding steroid dienone is 2. The number of aromatic nitrogens is 4. The number of rotatable bonds is 14. The third-order valence-corrected chi connectivity index (χ3v) is 6.01. The molecule has 0 saturated heterocycles. The lowest BCUT2D eigenvalue weighted by molar-refractivity contribution is -0.151. The van der Waals surface area contributed by atoms with Crippen molar-refractivity contribution in [3.63, 3.8) is 0 Å². The van der Waals surface area contributed by atoms with E-state index in [1.54, 1.807) is 25.3 Å². The van der Waals surface area contributed by atoms with Gasteiger partial charge in [0.25, 0.3) is 12.6 Å². The van der Waals surface area contributed by atoms with E-state index in [1.807, 2.05) is 0 Å². The van der Waals surface area contributed by atoms with Crippen molar-refractivity contribution < 1.29 is 41.8 Å². The largest absolute Gasteiger partial charge is 0.519 e. The standard InChI is InChI=1S/C25H32FN5O9/c1-14(2)23(33)37-11-17(36-6)7-8-30-12-28-20-21(27-9-18-16(4)39-25(34)40-18)31(24(26)29-22(20)30)10-19(38-13-32)15(3)35-5/h12-14,17H,7-11H2,1-6H3/b19-15-,27-21-. The van der Waals surface area contributed by atoms with E-state index in [9.17, 15) is 14.4 Å². The molecule has 0 fully saturated rings. The minimum Gasteiger partial charge on any atom is -0.498 e. The first-order chi connectivity index (χ1) is 19.1. The maximum atomic E-state index is 15.5. The Balaban J connectivity index is 2.03. The maximum absolute atomic E-state index is 15.5. The molecule has 0 N–H and O–H groups in total. The van der Waals surface area contributed by atoms with Crippen molar-refractivity contribution in [2.75, 3.05) is 20.8 Å². The van der Waals surface area contributed by atoms with Crippen LogP contribution < -0.4 is 11.3 Å². The average molecular weight is 566 g/mol. The fraction of sp³-hybridized carbons (Fsp3) is 0.520. The van der Waals surface area contributed by atoms with Gasteiger partial charge in [-0.3, -0.25) is 19.1 Å². The summed E-state index contributed by atoms with van der Waals surface area (Å²) in [4.78, 5) is 47.3. The Hall–Kier alpha value is -4.27. The van der Waals surface area contributed by atoms with E-state index in [2.05, 4.69) is 15.0 Å². The van der Waals surface area contributed by atoms with Crippen LogP contribution in [0, 0.1) is 18.9 Å². The lowest BCUT2D eigenvalue weighted by Crippen LogP contribution is -2.29. The monoisotopic (exact) mass is 565 g/mol. The highest BCUT2D eigenvalue weighted by Crippen LogP contribution is 2.14. The van der Waals surface area contributed by atoms with Gasteiger partial charge in [0.15, 0.2) is 28.2 Å². The molecule has 0 aliphatic rings. The van der Waals surface area contributed by atoms with Gasteiger partial charge in [-0.15, -0.1) is 0 Å². The second kappa shape index (κ2) is 13.7. The van der Waals surface area contributed by atoms with Crippen LogP contribution in [0.2, 0.25) is 0 Å². The van der Waals surface area contributed by atoms with Gasteiger partial charge in [0.2, 0.25) is 0 Å². The predicted molar refractivity (Wildman–Crippen MR) is 135 cm³/mol. The molecule has 0 aromatic carbocycles. The summed E-state index contributed by atoms with van der Waals surface area (Å²) in [6.45, 7) is 6.63. The summed E-state index contributed by atoms with van der Waals surface area (Å²) in [5.41, 5.74) is 0.442. The molecule has 218 valence electrons. The number of carbonyl (C=O) groups excluding carboxylic acids is 2. The molecule has 1 atom stereocenters. The molecule has 15 heteroatoms. The number of fused-ring (bicyclic) bond motifs is 1. The molecule has 3 aromatic rings. The van der Waals surface area contributed by atoms with Crippen molar-refractivity contribution in [1.82, 2.24) is 19.1 Å². The zero-order chi connectivity index (χ0) is 29.4. The molecule has 3 rings (SSSR count). The van der Waals surface area contributed by atoms with Crippen LogP contribution in [0.15, 0.2) is 36.5 Å². The van der Waals surface area contributed by atoms with Gasteiger partial charge in [0.05, 0.1) is 32.0 Å². The number of carbonyl (C=O) groups is 2. The van der Waals surface area contributed by atoms with E-state index < -0.39 is 18.0 Å². The number of nitrogens with zero attached hydrogens (tertiary/aromatic N) is 5. The number of ether oxygens (including phenoxy) is 4. The Morgan fingerprint density at radius 1 is 1.27 bits per heavy atom.